The first kappa shape index (κ1) is 17.5. The van der Waals surface area contributed by atoms with Gasteiger partial charge in [0.15, 0.2) is 0 Å². The molecule has 1 heterocycles. The fourth-order valence-electron chi connectivity index (χ4n) is 2.40. The Morgan fingerprint density at radius 2 is 2.04 bits per heavy atom. The number of benzene rings is 1. The van der Waals surface area contributed by atoms with Crippen LogP contribution in [0.15, 0.2) is 35.8 Å². The number of carbonyl (C=O) groups is 1. The number of amides is 1. The van der Waals surface area contributed by atoms with Gasteiger partial charge >= 0.3 is 0 Å². The number of aromatic nitrogens is 1. The SMILES string of the molecule is CCOc1ccc(CC(=O)NC(CC(C)C)c2nccs2)cc1. The van der Waals surface area contributed by atoms with Crippen LogP contribution in [0.1, 0.15) is 43.8 Å². The van der Waals surface area contributed by atoms with Crippen molar-refractivity contribution in [3.63, 3.8) is 0 Å². The van der Waals surface area contributed by atoms with Crippen molar-refractivity contribution in [3.8, 4) is 5.75 Å². The van der Waals surface area contributed by atoms with Crippen molar-refractivity contribution in [1.29, 1.82) is 0 Å². The average molecular weight is 332 g/mol. The lowest BCUT2D eigenvalue weighted by Gasteiger charge is -2.18. The summed E-state index contributed by atoms with van der Waals surface area (Å²) in [6.07, 6.45) is 3.04. The van der Waals surface area contributed by atoms with Crippen LogP contribution >= 0.6 is 11.3 Å². The van der Waals surface area contributed by atoms with E-state index in [-0.39, 0.29) is 11.9 Å². The van der Waals surface area contributed by atoms with Crippen molar-refractivity contribution in [1.82, 2.24) is 10.3 Å². The van der Waals surface area contributed by atoms with Crippen LogP contribution in [-0.2, 0) is 11.2 Å². The maximum atomic E-state index is 12.3. The van der Waals surface area contributed by atoms with E-state index in [9.17, 15) is 4.79 Å². The molecule has 5 heteroatoms. The summed E-state index contributed by atoms with van der Waals surface area (Å²) < 4.78 is 5.42. The third-order valence-corrected chi connectivity index (χ3v) is 4.28. The summed E-state index contributed by atoms with van der Waals surface area (Å²) in [5.74, 6) is 1.35. The molecule has 0 bridgehead atoms. The van der Waals surface area contributed by atoms with Gasteiger partial charge in [-0.15, -0.1) is 11.3 Å². The van der Waals surface area contributed by atoms with Gasteiger partial charge in [0.1, 0.15) is 10.8 Å². The van der Waals surface area contributed by atoms with Crippen molar-refractivity contribution in [2.75, 3.05) is 6.61 Å². The maximum absolute atomic E-state index is 12.3. The zero-order valence-corrected chi connectivity index (χ0v) is 14.7. The van der Waals surface area contributed by atoms with E-state index in [0.717, 1.165) is 22.7 Å². The Balaban J connectivity index is 1.95. The second-order valence-electron chi connectivity index (χ2n) is 5.87. The zero-order valence-electron chi connectivity index (χ0n) is 13.9. The predicted molar refractivity (Wildman–Crippen MR) is 93.8 cm³/mol. The number of hydrogen-bond acceptors (Lipinski definition) is 4. The summed E-state index contributed by atoms with van der Waals surface area (Å²) in [5, 5.41) is 6.03. The highest BCUT2D eigenvalue weighted by Gasteiger charge is 2.18. The smallest absolute Gasteiger partial charge is 0.224 e. The predicted octanol–water partition coefficient (Wildman–Crippen LogP) is 3.99. The van der Waals surface area contributed by atoms with E-state index in [2.05, 4.69) is 24.1 Å². The summed E-state index contributed by atoms with van der Waals surface area (Å²) in [5.41, 5.74) is 0.980. The van der Waals surface area contributed by atoms with Gasteiger partial charge in [-0.1, -0.05) is 26.0 Å². The van der Waals surface area contributed by atoms with Gasteiger partial charge in [-0.25, -0.2) is 4.98 Å². The van der Waals surface area contributed by atoms with Crippen LogP contribution < -0.4 is 10.1 Å². The molecule has 4 nitrogen and oxygen atoms in total. The number of nitrogens with zero attached hydrogens (tertiary/aromatic N) is 1. The summed E-state index contributed by atoms with van der Waals surface area (Å²) >= 11 is 1.59. The molecule has 1 unspecified atom stereocenters. The first-order valence-corrected chi connectivity index (χ1v) is 8.87. The van der Waals surface area contributed by atoms with Crippen LogP contribution in [0.3, 0.4) is 0 Å². The summed E-state index contributed by atoms with van der Waals surface area (Å²) in [6, 6.07) is 7.67. The quantitative estimate of drug-likeness (QED) is 0.795. The zero-order chi connectivity index (χ0) is 16.7. The number of rotatable bonds is 8. The second-order valence-corrected chi connectivity index (χ2v) is 6.80. The highest BCUT2D eigenvalue weighted by atomic mass is 32.1. The van der Waals surface area contributed by atoms with Crippen molar-refractivity contribution >= 4 is 17.2 Å². The largest absolute Gasteiger partial charge is 0.494 e. The monoisotopic (exact) mass is 332 g/mol. The Hall–Kier alpha value is -1.88. The van der Waals surface area contributed by atoms with E-state index in [0.29, 0.717) is 18.9 Å². The number of carbonyl (C=O) groups excluding carboxylic acids is 1. The molecule has 1 amide bonds. The van der Waals surface area contributed by atoms with E-state index < -0.39 is 0 Å². The van der Waals surface area contributed by atoms with E-state index in [1.807, 2.05) is 36.6 Å². The van der Waals surface area contributed by atoms with Gasteiger partial charge in [0.05, 0.1) is 19.1 Å². The van der Waals surface area contributed by atoms with Crippen LogP contribution in [0.2, 0.25) is 0 Å². The third-order valence-electron chi connectivity index (χ3n) is 3.39. The fraction of sp³-hybridized carbons (Fsp3) is 0.444. The molecule has 1 N–H and O–H groups in total. The molecule has 2 rings (SSSR count). The van der Waals surface area contributed by atoms with Gasteiger partial charge in [-0.05, 0) is 37.0 Å². The molecular weight excluding hydrogens is 308 g/mol. The molecule has 0 aliphatic carbocycles. The first-order valence-electron chi connectivity index (χ1n) is 7.99. The van der Waals surface area contributed by atoms with Crippen molar-refractivity contribution in [3.05, 3.63) is 46.4 Å². The Morgan fingerprint density at radius 3 is 2.61 bits per heavy atom. The number of ether oxygens (including phenoxy) is 1. The molecule has 2 aromatic rings. The molecule has 0 spiro atoms. The van der Waals surface area contributed by atoms with Crippen LogP contribution in [-0.4, -0.2) is 17.5 Å². The van der Waals surface area contributed by atoms with Crippen LogP contribution in [0.25, 0.3) is 0 Å². The maximum Gasteiger partial charge on any atom is 0.224 e. The molecule has 0 fully saturated rings. The Bertz CT molecular complexity index is 594. The normalized spacial score (nSPS) is 12.2. The van der Waals surface area contributed by atoms with Gasteiger partial charge in [0, 0.05) is 11.6 Å². The molecule has 1 aromatic carbocycles. The number of thiazole rings is 1. The van der Waals surface area contributed by atoms with E-state index >= 15 is 0 Å². The van der Waals surface area contributed by atoms with Crippen molar-refractivity contribution in [2.24, 2.45) is 5.92 Å². The van der Waals surface area contributed by atoms with E-state index in [1.165, 1.54) is 0 Å². The first-order chi connectivity index (χ1) is 11.1. The van der Waals surface area contributed by atoms with Crippen molar-refractivity contribution < 1.29 is 9.53 Å². The van der Waals surface area contributed by atoms with Gasteiger partial charge in [0.2, 0.25) is 5.91 Å². The topological polar surface area (TPSA) is 51.2 Å². The molecule has 0 saturated heterocycles. The number of nitrogens with one attached hydrogen (secondary N) is 1. The lowest BCUT2D eigenvalue weighted by Crippen LogP contribution is -2.30. The molecular formula is C18H24N2O2S. The highest BCUT2D eigenvalue weighted by molar-refractivity contribution is 7.09. The second kappa shape index (κ2) is 8.67. The lowest BCUT2D eigenvalue weighted by atomic mass is 10.0. The Kier molecular flexibility index (Phi) is 6.59. The van der Waals surface area contributed by atoms with Crippen LogP contribution in [0.4, 0.5) is 0 Å². The van der Waals surface area contributed by atoms with Crippen LogP contribution in [0.5, 0.6) is 5.75 Å². The molecule has 1 aromatic heterocycles. The lowest BCUT2D eigenvalue weighted by molar-refractivity contribution is -0.121. The average Bonchev–Trinajstić information content (AvgIpc) is 3.02. The third kappa shape index (κ3) is 5.67. The molecule has 0 radical (unpaired) electrons. The Labute approximate surface area is 141 Å². The number of hydrogen-bond donors (Lipinski definition) is 1. The van der Waals surface area contributed by atoms with Crippen LogP contribution in [0, 0.1) is 5.92 Å². The Morgan fingerprint density at radius 1 is 1.30 bits per heavy atom. The minimum Gasteiger partial charge on any atom is -0.494 e. The fourth-order valence-corrected chi connectivity index (χ4v) is 3.10. The van der Waals surface area contributed by atoms with E-state index in [1.54, 1.807) is 17.5 Å². The summed E-state index contributed by atoms with van der Waals surface area (Å²) in [7, 11) is 0. The molecule has 1 atom stereocenters. The van der Waals surface area contributed by atoms with Gasteiger partial charge < -0.3 is 10.1 Å². The molecule has 23 heavy (non-hydrogen) atoms. The minimum absolute atomic E-state index is 0.00908. The summed E-state index contributed by atoms with van der Waals surface area (Å²) in [6.45, 7) is 6.90. The highest BCUT2D eigenvalue weighted by Crippen LogP contribution is 2.23. The standard InChI is InChI=1S/C18H24N2O2S/c1-4-22-15-7-5-14(6-8-15)12-17(21)20-16(11-13(2)3)18-19-9-10-23-18/h5-10,13,16H,4,11-12H2,1-3H3,(H,20,21). The molecule has 0 aliphatic heterocycles. The van der Waals surface area contributed by atoms with Gasteiger partial charge in [0.25, 0.3) is 0 Å². The molecule has 0 saturated carbocycles. The minimum atomic E-state index is -0.00908. The van der Waals surface area contributed by atoms with E-state index in [4.69, 9.17) is 4.74 Å². The summed E-state index contributed by atoms with van der Waals surface area (Å²) in [4.78, 5) is 16.7. The van der Waals surface area contributed by atoms with Gasteiger partial charge in [-0.2, -0.15) is 0 Å². The molecule has 0 aliphatic rings. The van der Waals surface area contributed by atoms with Crippen molar-refractivity contribution in [2.45, 2.75) is 39.7 Å². The van der Waals surface area contributed by atoms with Gasteiger partial charge in [-0.3, -0.25) is 4.79 Å². The molecule has 124 valence electrons.